The predicted octanol–water partition coefficient (Wildman–Crippen LogP) is 4.12. The van der Waals surface area contributed by atoms with Gasteiger partial charge in [0.1, 0.15) is 23.9 Å². The maximum absolute atomic E-state index is 14.0. The van der Waals surface area contributed by atoms with Crippen molar-refractivity contribution in [3.63, 3.8) is 0 Å². The summed E-state index contributed by atoms with van der Waals surface area (Å²) in [6, 6.07) is 9.59. The van der Waals surface area contributed by atoms with Gasteiger partial charge in [-0.1, -0.05) is 11.6 Å². The van der Waals surface area contributed by atoms with Crippen molar-refractivity contribution in [3.8, 4) is 11.5 Å². The van der Waals surface area contributed by atoms with E-state index in [1.807, 2.05) is 6.92 Å². The van der Waals surface area contributed by atoms with Crippen LogP contribution < -0.4 is 14.4 Å². The average molecular weight is 426 g/mol. The quantitative estimate of drug-likeness (QED) is 0.563. The normalized spacial score (nSPS) is 11.8. The molecule has 0 heterocycles. The molecule has 1 unspecified atom stereocenters. The number of anilines is 1. The summed E-state index contributed by atoms with van der Waals surface area (Å²) in [4.78, 5) is 12.5. The molecule has 0 aromatic heterocycles. The standard InChI is InChI=1S/C21H25ClFNO5/c1-3-24(12-15(25)4-9-21(26)27)20-11-14(23)10-19(22)18(20)13-29-17-7-5-16(28-2)6-8-17/h5-8,10-11,15,25H,3-4,9,12-13H2,1-2H3,(H,26,27). The van der Waals surface area contributed by atoms with E-state index in [4.69, 9.17) is 26.2 Å². The molecule has 8 heteroatoms. The van der Waals surface area contributed by atoms with Crippen molar-refractivity contribution in [2.75, 3.05) is 25.1 Å². The van der Waals surface area contributed by atoms with Crippen molar-refractivity contribution in [3.05, 3.63) is 52.8 Å². The summed E-state index contributed by atoms with van der Waals surface area (Å²) in [7, 11) is 1.57. The number of rotatable bonds is 11. The second-order valence-electron chi connectivity index (χ2n) is 6.47. The van der Waals surface area contributed by atoms with Crippen LogP contribution in [0.25, 0.3) is 0 Å². The third-order valence-electron chi connectivity index (χ3n) is 4.42. The SMILES string of the molecule is CCN(CC(O)CCC(=O)O)c1cc(F)cc(Cl)c1COc1ccc(OC)cc1. The van der Waals surface area contributed by atoms with Crippen LogP contribution in [0.5, 0.6) is 11.5 Å². The number of ether oxygens (including phenoxy) is 2. The lowest BCUT2D eigenvalue weighted by molar-refractivity contribution is -0.137. The molecule has 6 nitrogen and oxygen atoms in total. The van der Waals surface area contributed by atoms with Crippen LogP contribution in [-0.4, -0.2) is 42.5 Å². The molecule has 158 valence electrons. The highest BCUT2D eigenvalue weighted by molar-refractivity contribution is 6.31. The first-order chi connectivity index (χ1) is 13.8. The van der Waals surface area contributed by atoms with Crippen LogP contribution in [-0.2, 0) is 11.4 Å². The van der Waals surface area contributed by atoms with Gasteiger partial charge in [0.05, 0.1) is 18.2 Å². The number of likely N-dealkylation sites (N-methyl/N-ethyl adjacent to an activating group) is 1. The van der Waals surface area contributed by atoms with Crippen LogP contribution in [0.3, 0.4) is 0 Å². The summed E-state index contributed by atoms with van der Waals surface area (Å²) in [6.45, 7) is 2.58. The molecule has 0 radical (unpaired) electrons. The molecule has 0 saturated heterocycles. The van der Waals surface area contributed by atoms with E-state index in [-0.39, 0.29) is 31.0 Å². The van der Waals surface area contributed by atoms with Gasteiger partial charge >= 0.3 is 5.97 Å². The molecule has 0 saturated carbocycles. The van der Waals surface area contributed by atoms with Gasteiger partial charge in [-0.25, -0.2) is 4.39 Å². The van der Waals surface area contributed by atoms with Gasteiger partial charge in [0.25, 0.3) is 0 Å². The van der Waals surface area contributed by atoms with Crippen molar-refractivity contribution < 1.29 is 28.9 Å². The number of carboxylic acid groups (broad SMARTS) is 1. The Balaban J connectivity index is 2.19. The molecule has 1 atom stereocenters. The smallest absolute Gasteiger partial charge is 0.303 e. The van der Waals surface area contributed by atoms with Gasteiger partial charge < -0.3 is 24.6 Å². The number of hydrogen-bond acceptors (Lipinski definition) is 5. The Bertz CT molecular complexity index is 815. The predicted molar refractivity (Wildman–Crippen MR) is 109 cm³/mol. The van der Waals surface area contributed by atoms with Gasteiger partial charge in [-0.05, 0) is 49.7 Å². The second kappa shape index (κ2) is 10.9. The third kappa shape index (κ3) is 6.80. The van der Waals surface area contributed by atoms with Crippen LogP contribution in [0.1, 0.15) is 25.3 Å². The second-order valence-corrected chi connectivity index (χ2v) is 6.88. The van der Waals surface area contributed by atoms with Crippen molar-refractivity contribution in [2.45, 2.75) is 32.5 Å². The molecule has 29 heavy (non-hydrogen) atoms. The van der Waals surface area contributed by atoms with Crippen molar-refractivity contribution in [1.29, 1.82) is 0 Å². The molecule has 0 aliphatic rings. The highest BCUT2D eigenvalue weighted by Crippen LogP contribution is 2.31. The number of aliphatic hydroxyl groups is 1. The maximum atomic E-state index is 14.0. The van der Waals surface area contributed by atoms with Crippen LogP contribution in [0.2, 0.25) is 5.02 Å². The summed E-state index contributed by atoms with van der Waals surface area (Å²) in [5.74, 6) is -0.182. The lowest BCUT2D eigenvalue weighted by Crippen LogP contribution is -2.33. The lowest BCUT2D eigenvalue weighted by atomic mass is 10.1. The molecule has 2 N–H and O–H groups in total. The molecule has 0 aliphatic carbocycles. The zero-order valence-corrected chi connectivity index (χ0v) is 17.2. The number of carboxylic acids is 1. The van der Waals surface area contributed by atoms with E-state index < -0.39 is 17.9 Å². The van der Waals surface area contributed by atoms with Crippen LogP contribution in [0.4, 0.5) is 10.1 Å². The third-order valence-corrected chi connectivity index (χ3v) is 4.76. The maximum Gasteiger partial charge on any atom is 0.303 e. The Morgan fingerprint density at radius 2 is 1.90 bits per heavy atom. The minimum absolute atomic E-state index is 0.0997. The summed E-state index contributed by atoms with van der Waals surface area (Å²) in [5.41, 5.74) is 1.08. The summed E-state index contributed by atoms with van der Waals surface area (Å²) in [5, 5.41) is 19.2. The van der Waals surface area contributed by atoms with Crippen LogP contribution >= 0.6 is 11.6 Å². The van der Waals surface area contributed by atoms with E-state index in [1.165, 1.54) is 12.1 Å². The van der Waals surface area contributed by atoms with E-state index in [0.717, 1.165) is 0 Å². The molecule has 0 aliphatic heterocycles. The van der Waals surface area contributed by atoms with Gasteiger partial charge in [-0.3, -0.25) is 4.79 Å². The fourth-order valence-corrected chi connectivity index (χ4v) is 3.13. The highest BCUT2D eigenvalue weighted by Gasteiger charge is 2.19. The number of aliphatic carboxylic acids is 1. The average Bonchev–Trinajstić information content (AvgIpc) is 2.69. The lowest BCUT2D eigenvalue weighted by Gasteiger charge is -2.28. The Morgan fingerprint density at radius 3 is 2.48 bits per heavy atom. The number of benzene rings is 2. The first kappa shape index (κ1) is 22.8. The Kier molecular flexibility index (Phi) is 8.54. The molecule has 2 rings (SSSR count). The molecule has 2 aromatic rings. The van der Waals surface area contributed by atoms with Gasteiger partial charge in [-0.15, -0.1) is 0 Å². The summed E-state index contributed by atoms with van der Waals surface area (Å²) < 4.78 is 25.0. The van der Waals surface area contributed by atoms with Gasteiger partial charge in [-0.2, -0.15) is 0 Å². The summed E-state index contributed by atoms with van der Waals surface area (Å²) >= 11 is 6.28. The molecule has 0 spiro atoms. The zero-order valence-electron chi connectivity index (χ0n) is 16.4. The van der Waals surface area contributed by atoms with Gasteiger partial charge in [0.15, 0.2) is 0 Å². The minimum atomic E-state index is -0.977. The van der Waals surface area contributed by atoms with E-state index in [2.05, 4.69) is 0 Å². The first-order valence-corrected chi connectivity index (χ1v) is 9.61. The Labute approximate surface area is 174 Å². The van der Waals surface area contributed by atoms with E-state index >= 15 is 0 Å². The monoisotopic (exact) mass is 425 g/mol. The molecule has 0 amide bonds. The number of carbonyl (C=O) groups is 1. The number of hydrogen-bond donors (Lipinski definition) is 2. The molecule has 0 bridgehead atoms. The number of nitrogens with zero attached hydrogens (tertiary/aromatic N) is 1. The zero-order chi connectivity index (χ0) is 21.4. The first-order valence-electron chi connectivity index (χ1n) is 9.23. The highest BCUT2D eigenvalue weighted by atomic mass is 35.5. The molecule has 0 fully saturated rings. The summed E-state index contributed by atoms with van der Waals surface area (Å²) in [6.07, 6.45) is -0.911. The largest absolute Gasteiger partial charge is 0.497 e. The van der Waals surface area contributed by atoms with Gasteiger partial charge in [0, 0.05) is 30.8 Å². The fourth-order valence-electron chi connectivity index (χ4n) is 2.88. The van der Waals surface area contributed by atoms with Crippen molar-refractivity contribution in [1.82, 2.24) is 0 Å². The van der Waals surface area contributed by atoms with E-state index in [0.29, 0.717) is 29.3 Å². The topological polar surface area (TPSA) is 79.2 Å². The van der Waals surface area contributed by atoms with E-state index in [9.17, 15) is 14.3 Å². The minimum Gasteiger partial charge on any atom is -0.497 e. The fraction of sp³-hybridized carbons (Fsp3) is 0.381. The van der Waals surface area contributed by atoms with Crippen LogP contribution in [0.15, 0.2) is 36.4 Å². The molecular weight excluding hydrogens is 401 g/mol. The number of halogens is 2. The number of aliphatic hydroxyl groups excluding tert-OH is 1. The van der Waals surface area contributed by atoms with Gasteiger partial charge in [0.2, 0.25) is 0 Å². The number of methoxy groups -OCH3 is 1. The van der Waals surface area contributed by atoms with Crippen molar-refractivity contribution >= 4 is 23.3 Å². The molecular formula is C21H25ClFNO5. The van der Waals surface area contributed by atoms with Crippen molar-refractivity contribution in [2.24, 2.45) is 0 Å². The van der Waals surface area contributed by atoms with Crippen LogP contribution in [0, 0.1) is 5.82 Å². The Hall–Kier alpha value is -2.51. The Morgan fingerprint density at radius 1 is 1.24 bits per heavy atom. The van der Waals surface area contributed by atoms with E-state index in [1.54, 1.807) is 36.3 Å². The molecule has 2 aromatic carbocycles.